The number of nitrogens with one attached hydrogen (secondary N) is 1. The minimum absolute atomic E-state index is 0.0134. The van der Waals surface area contributed by atoms with Gasteiger partial charge in [-0.3, -0.25) is 0 Å². The van der Waals surface area contributed by atoms with Crippen molar-refractivity contribution in [1.82, 2.24) is 4.72 Å². The van der Waals surface area contributed by atoms with Gasteiger partial charge in [-0.15, -0.1) is 0 Å². The number of nitrogens with two attached hydrogens (primary N) is 1. The summed E-state index contributed by atoms with van der Waals surface area (Å²) >= 11 is 5.91. The molecule has 3 N–H and O–H groups in total. The van der Waals surface area contributed by atoms with Gasteiger partial charge in [0.05, 0.1) is 4.90 Å². The Kier molecular flexibility index (Phi) is 3.44. The largest absolute Gasteiger partial charge is 0.326 e. The van der Waals surface area contributed by atoms with Crippen LogP contribution in [0.15, 0.2) is 23.1 Å². The van der Waals surface area contributed by atoms with Gasteiger partial charge >= 0.3 is 0 Å². The zero-order valence-electron chi connectivity index (χ0n) is 10.4. The van der Waals surface area contributed by atoms with E-state index in [4.69, 9.17) is 17.3 Å². The van der Waals surface area contributed by atoms with Crippen LogP contribution in [0.25, 0.3) is 0 Å². The summed E-state index contributed by atoms with van der Waals surface area (Å²) in [4.78, 5) is 0.218. The lowest BCUT2D eigenvalue weighted by Crippen LogP contribution is -2.28. The van der Waals surface area contributed by atoms with E-state index in [2.05, 4.69) is 4.72 Å². The average molecular weight is 289 g/mol. The molecule has 1 aliphatic carbocycles. The Labute approximate surface area is 113 Å². The quantitative estimate of drug-likeness (QED) is 0.888. The van der Waals surface area contributed by atoms with Crippen LogP contribution >= 0.6 is 11.6 Å². The summed E-state index contributed by atoms with van der Waals surface area (Å²) in [5.74, 6) is 0. The summed E-state index contributed by atoms with van der Waals surface area (Å²) in [6, 6.07) is 4.61. The second kappa shape index (κ2) is 4.49. The highest BCUT2D eigenvalue weighted by molar-refractivity contribution is 7.89. The molecule has 0 heterocycles. The molecule has 1 unspecified atom stereocenters. The zero-order valence-corrected chi connectivity index (χ0v) is 12.0. The molecule has 1 fully saturated rings. The molecule has 0 aliphatic heterocycles. The van der Waals surface area contributed by atoms with Crippen LogP contribution in [0.1, 0.15) is 25.8 Å². The summed E-state index contributed by atoms with van der Waals surface area (Å²) < 4.78 is 27.0. The van der Waals surface area contributed by atoms with Gasteiger partial charge in [-0.05, 0) is 35.6 Å². The smallest absolute Gasteiger partial charge is 0.240 e. The molecule has 1 atom stereocenters. The van der Waals surface area contributed by atoms with Gasteiger partial charge in [0.15, 0.2) is 0 Å². The number of rotatable bonds is 4. The highest BCUT2D eigenvalue weighted by Gasteiger charge is 2.47. The van der Waals surface area contributed by atoms with Gasteiger partial charge in [-0.1, -0.05) is 25.4 Å². The second-order valence-electron chi connectivity index (χ2n) is 5.32. The fourth-order valence-corrected chi connectivity index (χ4v) is 3.45. The van der Waals surface area contributed by atoms with Crippen LogP contribution in [-0.2, 0) is 16.6 Å². The van der Waals surface area contributed by atoms with Crippen molar-refractivity contribution in [1.29, 1.82) is 0 Å². The topological polar surface area (TPSA) is 72.2 Å². The van der Waals surface area contributed by atoms with Crippen LogP contribution in [-0.4, -0.2) is 14.5 Å². The Balaban J connectivity index is 2.25. The summed E-state index contributed by atoms with van der Waals surface area (Å²) in [5, 5.41) is 0.489. The van der Waals surface area contributed by atoms with Crippen LogP contribution < -0.4 is 10.5 Å². The Morgan fingerprint density at radius 3 is 2.61 bits per heavy atom. The van der Waals surface area contributed by atoms with Gasteiger partial charge in [0.1, 0.15) is 0 Å². The standard InChI is InChI=1S/C12H17ClN2O2S/c1-12(2)6-11(12)15-18(16,17)9-3-4-10(13)8(5-9)7-14/h3-5,11,15H,6-7,14H2,1-2H3. The molecule has 0 saturated heterocycles. The van der Waals surface area contributed by atoms with Crippen LogP contribution in [0.4, 0.5) is 0 Å². The van der Waals surface area contributed by atoms with Crippen molar-refractivity contribution in [3.05, 3.63) is 28.8 Å². The molecule has 100 valence electrons. The molecule has 1 aromatic carbocycles. The fourth-order valence-electron chi connectivity index (χ4n) is 1.80. The van der Waals surface area contributed by atoms with E-state index in [1.807, 2.05) is 13.8 Å². The third-order valence-corrected chi connectivity index (χ3v) is 5.20. The second-order valence-corrected chi connectivity index (χ2v) is 7.45. The highest BCUT2D eigenvalue weighted by atomic mass is 35.5. The molecule has 2 rings (SSSR count). The van der Waals surface area contributed by atoms with Crippen molar-refractivity contribution in [3.8, 4) is 0 Å². The van der Waals surface area contributed by atoms with Gasteiger partial charge in [-0.2, -0.15) is 0 Å². The number of halogens is 1. The normalized spacial score (nSPS) is 21.9. The Bertz CT molecular complexity index is 569. The maximum atomic E-state index is 12.2. The summed E-state index contributed by atoms with van der Waals surface area (Å²) in [6.45, 7) is 4.29. The van der Waals surface area contributed by atoms with Gasteiger partial charge in [0, 0.05) is 17.6 Å². The predicted molar refractivity (Wildman–Crippen MR) is 71.9 cm³/mol. The first-order chi connectivity index (χ1) is 8.26. The average Bonchev–Trinajstić information content (AvgIpc) is 2.85. The summed E-state index contributed by atoms with van der Waals surface area (Å²) in [6.07, 6.45) is 0.865. The lowest BCUT2D eigenvalue weighted by Gasteiger charge is -2.10. The molecule has 0 aromatic heterocycles. The van der Waals surface area contributed by atoms with Crippen molar-refractivity contribution < 1.29 is 8.42 Å². The SMILES string of the molecule is CC1(C)CC1NS(=O)(=O)c1ccc(Cl)c(CN)c1. The van der Waals surface area contributed by atoms with Crippen LogP contribution in [0, 0.1) is 5.41 Å². The van der Waals surface area contributed by atoms with Gasteiger partial charge in [0.2, 0.25) is 10.0 Å². The molecule has 6 heteroatoms. The Hall–Kier alpha value is -0.620. The molecule has 1 saturated carbocycles. The first-order valence-electron chi connectivity index (χ1n) is 5.77. The van der Waals surface area contributed by atoms with Gasteiger partial charge in [0.25, 0.3) is 0 Å². The Morgan fingerprint density at radius 2 is 2.11 bits per heavy atom. The molecule has 4 nitrogen and oxygen atoms in total. The number of benzene rings is 1. The Morgan fingerprint density at radius 1 is 1.50 bits per heavy atom. The van der Waals surface area contributed by atoms with E-state index in [9.17, 15) is 8.42 Å². The predicted octanol–water partition coefficient (Wildman–Crippen LogP) is 1.88. The molecule has 0 radical (unpaired) electrons. The lowest BCUT2D eigenvalue weighted by molar-refractivity contribution is 0.555. The van der Waals surface area contributed by atoms with Gasteiger partial charge in [-0.25, -0.2) is 13.1 Å². The number of hydrogen-bond acceptors (Lipinski definition) is 3. The molecule has 0 spiro atoms. The molecular weight excluding hydrogens is 272 g/mol. The van der Waals surface area contributed by atoms with E-state index in [0.717, 1.165) is 6.42 Å². The lowest BCUT2D eigenvalue weighted by atomic mass is 10.2. The molecule has 1 aliphatic rings. The minimum Gasteiger partial charge on any atom is -0.326 e. The van der Waals surface area contributed by atoms with E-state index in [0.29, 0.717) is 10.6 Å². The van der Waals surface area contributed by atoms with Crippen molar-refractivity contribution in [2.45, 2.75) is 37.8 Å². The van der Waals surface area contributed by atoms with E-state index in [-0.39, 0.29) is 22.9 Å². The maximum Gasteiger partial charge on any atom is 0.240 e. The summed E-state index contributed by atoms with van der Waals surface area (Å²) in [5.41, 5.74) is 6.21. The summed E-state index contributed by atoms with van der Waals surface area (Å²) in [7, 11) is -3.48. The number of sulfonamides is 1. The third-order valence-electron chi connectivity index (χ3n) is 3.36. The van der Waals surface area contributed by atoms with Crippen LogP contribution in [0.3, 0.4) is 0 Å². The van der Waals surface area contributed by atoms with Crippen molar-refractivity contribution in [3.63, 3.8) is 0 Å². The third kappa shape index (κ3) is 2.69. The van der Waals surface area contributed by atoms with E-state index in [1.165, 1.54) is 12.1 Å². The first-order valence-corrected chi connectivity index (χ1v) is 7.63. The van der Waals surface area contributed by atoms with Gasteiger partial charge < -0.3 is 5.73 Å². The molecule has 18 heavy (non-hydrogen) atoms. The van der Waals surface area contributed by atoms with Crippen molar-refractivity contribution in [2.75, 3.05) is 0 Å². The first kappa shape index (κ1) is 13.8. The van der Waals surface area contributed by atoms with E-state index in [1.54, 1.807) is 6.07 Å². The zero-order chi connectivity index (χ0) is 13.6. The molecule has 1 aromatic rings. The van der Waals surface area contributed by atoms with Crippen LogP contribution in [0.5, 0.6) is 0 Å². The highest BCUT2D eigenvalue weighted by Crippen LogP contribution is 2.45. The fraction of sp³-hybridized carbons (Fsp3) is 0.500. The molecular formula is C12H17ClN2O2S. The minimum atomic E-state index is -3.48. The van der Waals surface area contributed by atoms with Crippen molar-refractivity contribution >= 4 is 21.6 Å². The monoisotopic (exact) mass is 288 g/mol. The van der Waals surface area contributed by atoms with Crippen LogP contribution in [0.2, 0.25) is 5.02 Å². The van der Waals surface area contributed by atoms with E-state index < -0.39 is 10.0 Å². The molecule has 0 amide bonds. The van der Waals surface area contributed by atoms with E-state index >= 15 is 0 Å². The van der Waals surface area contributed by atoms with Crippen molar-refractivity contribution in [2.24, 2.45) is 11.1 Å². The number of hydrogen-bond donors (Lipinski definition) is 2. The molecule has 0 bridgehead atoms. The maximum absolute atomic E-state index is 12.2.